The minimum Gasteiger partial charge on any atom is -0.464 e. The molecule has 2 atom stereocenters. The lowest BCUT2D eigenvalue weighted by Gasteiger charge is -2.31. The third kappa shape index (κ3) is 7.41. The number of carbonyl (C=O) groups is 1. The summed E-state index contributed by atoms with van der Waals surface area (Å²) in [6, 6.07) is 0.000990. The maximum Gasteiger partial charge on any atom is 0.278 e. The molecule has 1 amide bonds. The molecule has 2 aliphatic rings. The van der Waals surface area contributed by atoms with E-state index in [0.717, 1.165) is 69.2 Å². The average molecular weight is 500 g/mol. The Morgan fingerprint density at radius 1 is 1.29 bits per heavy atom. The van der Waals surface area contributed by atoms with Gasteiger partial charge in [-0.1, -0.05) is 16.5 Å². The van der Waals surface area contributed by atoms with Crippen LogP contribution < -0.4 is 10.1 Å². The van der Waals surface area contributed by atoms with Crippen molar-refractivity contribution in [3.63, 3.8) is 0 Å². The van der Waals surface area contributed by atoms with Crippen LogP contribution in [-0.2, 0) is 28.8 Å². The Morgan fingerprint density at radius 3 is 2.82 bits per heavy atom. The summed E-state index contributed by atoms with van der Waals surface area (Å²) in [6.07, 6.45) is 4.63. The molecule has 188 valence electrons. The average Bonchev–Trinajstić information content (AvgIpc) is 3.32. The molecule has 12 heteroatoms. The summed E-state index contributed by atoms with van der Waals surface area (Å²) in [6.45, 7) is 5.10. The maximum atomic E-state index is 13.0. The molecule has 2 aromatic heterocycles. The number of rotatable bonds is 9. The first kappa shape index (κ1) is 24.9. The van der Waals surface area contributed by atoms with Gasteiger partial charge < -0.3 is 24.2 Å². The van der Waals surface area contributed by atoms with Crippen molar-refractivity contribution in [2.75, 3.05) is 32.8 Å². The number of ether oxygens (including phenoxy) is 2. The van der Waals surface area contributed by atoms with Crippen LogP contribution in [0.15, 0.2) is 4.52 Å². The Balaban J connectivity index is 1.13. The Kier molecular flexibility index (Phi) is 8.10. The molecule has 0 aromatic carbocycles. The number of hydrogen-bond donors (Lipinski definition) is 1. The van der Waals surface area contributed by atoms with Crippen LogP contribution in [0.4, 0.5) is 8.78 Å². The first-order valence-corrected chi connectivity index (χ1v) is 12.5. The van der Waals surface area contributed by atoms with Gasteiger partial charge in [0.05, 0.1) is 30.9 Å². The van der Waals surface area contributed by atoms with E-state index >= 15 is 0 Å². The summed E-state index contributed by atoms with van der Waals surface area (Å²) in [7, 11) is 0. The molecule has 0 saturated carbocycles. The molecule has 1 fully saturated rings. The van der Waals surface area contributed by atoms with Crippen molar-refractivity contribution in [3.05, 3.63) is 22.3 Å². The van der Waals surface area contributed by atoms with E-state index in [-0.39, 0.29) is 24.5 Å². The van der Waals surface area contributed by atoms with E-state index in [1.165, 1.54) is 11.3 Å². The highest BCUT2D eigenvalue weighted by molar-refractivity contribution is 7.13. The Labute approximate surface area is 201 Å². The number of carbonyl (C=O) groups excluding carboxylic acids is 1. The van der Waals surface area contributed by atoms with E-state index in [1.807, 2.05) is 0 Å². The zero-order valence-electron chi connectivity index (χ0n) is 19.5. The van der Waals surface area contributed by atoms with E-state index in [0.29, 0.717) is 23.5 Å². The van der Waals surface area contributed by atoms with E-state index in [2.05, 4.69) is 25.3 Å². The molecule has 4 rings (SSSR count). The molecule has 0 spiro atoms. The van der Waals surface area contributed by atoms with Crippen LogP contribution in [0.3, 0.4) is 0 Å². The number of amides is 1. The molecule has 2 aromatic rings. The molecular formula is C22H31F2N5O4S. The molecule has 4 heterocycles. The molecule has 0 aliphatic carbocycles. The zero-order chi connectivity index (χ0) is 24.1. The first-order valence-electron chi connectivity index (χ1n) is 11.7. The highest BCUT2D eigenvalue weighted by atomic mass is 32.1. The van der Waals surface area contributed by atoms with Gasteiger partial charge in [-0.05, 0) is 25.7 Å². The SMILES string of the molecule is Cc1nc(CC(=O)N[C@H]2CC[C@H](CCN3CCc4nc(OCC(C)(F)F)sc4CC3)OC2)no1. The number of alkyl halides is 2. The fraction of sp³-hybridized carbons (Fsp3) is 0.727. The number of halogens is 2. The van der Waals surface area contributed by atoms with Gasteiger partial charge in [0.1, 0.15) is 0 Å². The lowest BCUT2D eigenvalue weighted by Crippen LogP contribution is -2.44. The lowest BCUT2D eigenvalue weighted by atomic mass is 10.0. The van der Waals surface area contributed by atoms with Crippen molar-refractivity contribution in [2.24, 2.45) is 0 Å². The Bertz CT molecular complexity index is 930. The smallest absolute Gasteiger partial charge is 0.278 e. The molecule has 2 aliphatic heterocycles. The summed E-state index contributed by atoms with van der Waals surface area (Å²) < 4.78 is 42.1. The van der Waals surface area contributed by atoms with E-state index in [4.69, 9.17) is 14.0 Å². The summed E-state index contributed by atoms with van der Waals surface area (Å²) in [5.74, 6) is -2.16. The number of nitrogens with zero attached hydrogens (tertiary/aromatic N) is 4. The number of nitrogens with one attached hydrogen (secondary N) is 1. The second kappa shape index (κ2) is 11.0. The van der Waals surface area contributed by atoms with E-state index < -0.39 is 12.5 Å². The predicted molar refractivity (Wildman–Crippen MR) is 120 cm³/mol. The minimum atomic E-state index is -2.86. The van der Waals surface area contributed by atoms with Gasteiger partial charge in [-0.25, -0.2) is 13.8 Å². The molecule has 0 radical (unpaired) electrons. The Hall–Kier alpha value is -2.18. The molecule has 1 N–H and O–H groups in total. The van der Waals surface area contributed by atoms with Crippen LogP contribution in [0.1, 0.15) is 48.5 Å². The van der Waals surface area contributed by atoms with Gasteiger partial charge in [0, 0.05) is 44.8 Å². The van der Waals surface area contributed by atoms with Crippen LogP contribution >= 0.6 is 11.3 Å². The van der Waals surface area contributed by atoms with Crippen LogP contribution in [0.5, 0.6) is 5.19 Å². The monoisotopic (exact) mass is 499 g/mol. The van der Waals surface area contributed by atoms with Crippen molar-refractivity contribution in [1.29, 1.82) is 0 Å². The fourth-order valence-electron chi connectivity index (χ4n) is 4.17. The van der Waals surface area contributed by atoms with Gasteiger partial charge >= 0.3 is 0 Å². The second-order valence-corrected chi connectivity index (χ2v) is 10.1. The first-order chi connectivity index (χ1) is 16.2. The number of aromatic nitrogens is 3. The summed E-state index contributed by atoms with van der Waals surface area (Å²) in [4.78, 5) is 24.2. The topological polar surface area (TPSA) is 103 Å². The molecule has 0 unspecified atom stereocenters. The molecule has 9 nitrogen and oxygen atoms in total. The lowest BCUT2D eigenvalue weighted by molar-refractivity contribution is -0.122. The molecule has 1 saturated heterocycles. The highest BCUT2D eigenvalue weighted by Gasteiger charge is 2.26. The van der Waals surface area contributed by atoms with Gasteiger partial charge in [0.15, 0.2) is 12.4 Å². The zero-order valence-corrected chi connectivity index (χ0v) is 20.3. The number of hydrogen-bond acceptors (Lipinski definition) is 9. The third-order valence-electron chi connectivity index (χ3n) is 5.92. The quantitative estimate of drug-likeness (QED) is 0.562. The van der Waals surface area contributed by atoms with Gasteiger partial charge in [0.2, 0.25) is 11.8 Å². The van der Waals surface area contributed by atoms with Crippen LogP contribution in [0.2, 0.25) is 0 Å². The summed E-state index contributed by atoms with van der Waals surface area (Å²) >= 11 is 1.38. The van der Waals surface area contributed by atoms with Gasteiger partial charge in [-0.15, -0.1) is 0 Å². The standard InChI is InChI=1S/C22H31F2N5O4S/c1-14-25-19(28-33-14)11-20(30)26-15-3-4-16(31-12-15)5-8-29-9-6-17-18(7-10-29)34-21(27-17)32-13-22(2,23)24/h15-16H,3-13H2,1-2H3,(H,26,30)/t15-,16+/m0/s1. The molecular weight excluding hydrogens is 468 g/mol. The van der Waals surface area contributed by atoms with Gasteiger partial charge in [0.25, 0.3) is 11.1 Å². The van der Waals surface area contributed by atoms with Gasteiger partial charge in [-0.2, -0.15) is 4.98 Å². The van der Waals surface area contributed by atoms with Crippen molar-refractivity contribution >= 4 is 17.2 Å². The van der Waals surface area contributed by atoms with Gasteiger partial charge in [-0.3, -0.25) is 4.79 Å². The number of aryl methyl sites for hydroxylation is 1. The molecule has 0 bridgehead atoms. The van der Waals surface area contributed by atoms with Crippen molar-refractivity contribution < 1.29 is 27.6 Å². The normalized spacial score (nSPS) is 21.6. The maximum absolute atomic E-state index is 13.0. The summed E-state index contributed by atoms with van der Waals surface area (Å²) in [5, 5.41) is 7.07. The molecule has 34 heavy (non-hydrogen) atoms. The van der Waals surface area contributed by atoms with Crippen LogP contribution in [0.25, 0.3) is 0 Å². The second-order valence-electron chi connectivity index (χ2n) is 9.04. The minimum absolute atomic E-state index is 0.000990. The van der Waals surface area contributed by atoms with Crippen molar-refractivity contribution in [2.45, 2.75) is 70.4 Å². The fourth-order valence-corrected chi connectivity index (χ4v) is 5.11. The van der Waals surface area contributed by atoms with Crippen molar-refractivity contribution in [1.82, 2.24) is 25.3 Å². The van der Waals surface area contributed by atoms with Crippen LogP contribution in [0, 0.1) is 6.92 Å². The largest absolute Gasteiger partial charge is 0.464 e. The van der Waals surface area contributed by atoms with Crippen molar-refractivity contribution in [3.8, 4) is 5.19 Å². The number of thiazole rings is 1. The van der Waals surface area contributed by atoms with E-state index in [9.17, 15) is 13.6 Å². The number of fused-ring (bicyclic) bond motifs is 1. The van der Waals surface area contributed by atoms with E-state index in [1.54, 1.807) is 6.92 Å². The Morgan fingerprint density at radius 2 is 2.12 bits per heavy atom. The van der Waals surface area contributed by atoms with Crippen LogP contribution in [-0.4, -0.2) is 76.8 Å². The highest BCUT2D eigenvalue weighted by Crippen LogP contribution is 2.29. The predicted octanol–water partition coefficient (Wildman–Crippen LogP) is 2.57. The third-order valence-corrected chi connectivity index (χ3v) is 6.99. The summed E-state index contributed by atoms with van der Waals surface area (Å²) in [5.41, 5.74) is 0.963.